The Labute approximate surface area is 186 Å². The zero-order valence-corrected chi connectivity index (χ0v) is 18.0. The van der Waals surface area contributed by atoms with E-state index >= 15 is 0 Å². The number of aryl methyl sites for hydroxylation is 2. The van der Waals surface area contributed by atoms with Crippen molar-refractivity contribution < 1.29 is 27.8 Å². The van der Waals surface area contributed by atoms with Gasteiger partial charge in [-0.2, -0.15) is 28.6 Å². The number of hydrogen-bond acceptors (Lipinski definition) is 5. The van der Waals surface area contributed by atoms with Gasteiger partial charge in [0.1, 0.15) is 11.4 Å². The fraction of sp³-hybridized carbons (Fsp3) is 0.318. The van der Waals surface area contributed by atoms with Gasteiger partial charge in [-0.05, 0) is 54.8 Å². The minimum atomic E-state index is -4.46. The molecule has 1 atom stereocenters. The van der Waals surface area contributed by atoms with Crippen molar-refractivity contribution in [2.45, 2.75) is 48.6 Å². The average molecular weight is 463 g/mol. The average Bonchev–Trinajstić information content (AvgIpc) is 3.31. The van der Waals surface area contributed by atoms with Crippen LogP contribution in [0.4, 0.5) is 13.2 Å². The number of carboxylic acids is 1. The van der Waals surface area contributed by atoms with E-state index in [1.54, 1.807) is 25.1 Å². The Morgan fingerprint density at radius 1 is 1.19 bits per heavy atom. The van der Waals surface area contributed by atoms with E-state index in [0.717, 1.165) is 16.5 Å². The molecule has 0 radical (unpaired) electrons. The molecule has 6 nitrogen and oxygen atoms in total. The predicted octanol–water partition coefficient (Wildman–Crippen LogP) is 5.32. The number of nitrogens with one attached hydrogen (secondary N) is 1. The minimum absolute atomic E-state index is 0.148. The lowest BCUT2D eigenvalue weighted by molar-refractivity contribution is -0.147. The molecule has 1 aliphatic carbocycles. The molecule has 2 aromatic carbocycles. The van der Waals surface area contributed by atoms with Crippen molar-refractivity contribution >= 4 is 17.7 Å². The number of nitrogens with zero attached hydrogens (tertiary/aromatic N) is 2. The molecular weight excluding hydrogens is 443 g/mol. The van der Waals surface area contributed by atoms with Crippen LogP contribution in [0.5, 0.6) is 5.75 Å². The van der Waals surface area contributed by atoms with Crippen molar-refractivity contribution in [2.75, 3.05) is 0 Å². The summed E-state index contributed by atoms with van der Waals surface area (Å²) in [7, 11) is 0. The number of carbonyl (C=O) groups is 1. The number of aliphatic carboxylic acids is 1. The number of thioether (sulfide) groups is 1. The molecule has 1 saturated carbocycles. The van der Waals surface area contributed by atoms with Gasteiger partial charge in [0.05, 0.1) is 17.0 Å². The first-order valence-electron chi connectivity index (χ1n) is 9.82. The molecule has 0 aliphatic heterocycles. The maximum atomic E-state index is 13.5. The number of rotatable bonds is 7. The highest BCUT2D eigenvalue weighted by Crippen LogP contribution is 2.45. The largest absolute Gasteiger partial charge is 0.478 e. The molecule has 168 valence electrons. The maximum absolute atomic E-state index is 13.5. The molecule has 1 fully saturated rings. The first-order valence-corrected chi connectivity index (χ1v) is 10.7. The normalized spacial score (nSPS) is 15.9. The molecule has 1 heterocycles. The van der Waals surface area contributed by atoms with E-state index in [1.165, 1.54) is 30.9 Å². The predicted molar refractivity (Wildman–Crippen MR) is 112 cm³/mol. The number of alkyl halides is 3. The highest BCUT2D eigenvalue weighted by molar-refractivity contribution is 7.99. The number of carboxylic acid groups (broad SMARTS) is 1. The lowest BCUT2D eigenvalue weighted by Crippen LogP contribution is -2.29. The van der Waals surface area contributed by atoms with Crippen LogP contribution in [0, 0.1) is 13.8 Å². The first kappa shape index (κ1) is 22.2. The van der Waals surface area contributed by atoms with Gasteiger partial charge in [-0.15, -0.1) is 11.8 Å². The van der Waals surface area contributed by atoms with Crippen LogP contribution in [0.3, 0.4) is 0 Å². The minimum Gasteiger partial charge on any atom is -0.478 e. The second-order valence-electron chi connectivity index (χ2n) is 7.79. The van der Waals surface area contributed by atoms with Gasteiger partial charge in [-0.25, -0.2) is 4.79 Å². The van der Waals surface area contributed by atoms with E-state index in [4.69, 9.17) is 4.74 Å². The molecule has 10 heteroatoms. The summed E-state index contributed by atoms with van der Waals surface area (Å²) in [5, 5.41) is 19.2. The number of halogens is 3. The van der Waals surface area contributed by atoms with E-state index < -0.39 is 28.6 Å². The van der Waals surface area contributed by atoms with Crippen LogP contribution in [0.1, 0.15) is 46.0 Å². The maximum Gasteiger partial charge on any atom is 0.416 e. The van der Waals surface area contributed by atoms with Crippen LogP contribution in [0.25, 0.3) is 0 Å². The molecule has 0 saturated heterocycles. The third-order valence-electron chi connectivity index (χ3n) is 5.37. The summed E-state index contributed by atoms with van der Waals surface area (Å²) in [4.78, 5) is 12.2. The van der Waals surface area contributed by atoms with Gasteiger partial charge in [-0.1, -0.05) is 12.1 Å². The Hall–Kier alpha value is -3.01. The highest BCUT2D eigenvalue weighted by atomic mass is 32.2. The first-order chi connectivity index (χ1) is 15.1. The summed E-state index contributed by atoms with van der Waals surface area (Å²) >= 11 is 1.33. The van der Waals surface area contributed by atoms with Gasteiger partial charge in [-0.3, -0.25) is 0 Å². The van der Waals surface area contributed by atoms with Crippen LogP contribution in [-0.2, 0) is 11.0 Å². The summed E-state index contributed by atoms with van der Waals surface area (Å²) in [6, 6.07) is 9.53. The number of aromatic nitrogens is 3. The van der Waals surface area contributed by atoms with Crippen LogP contribution in [0.15, 0.2) is 47.5 Å². The molecule has 1 aliphatic rings. The molecule has 32 heavy (non-hydrogen) atoms. The number of hydrogen-bond donors (Lipinski definition) is 2. The Bertz CT molecular complexity index is 1150. The molecule has 1 aromatic heterocycles. The van der Waals surface area contributed by atoms with E-state index in [-0.39, 0.29) is 5.56 Å². The van der Waals surface area contributed by atoms with Crippen molar-refractivity contribution in [2.24, 2.45) is 0 Å². The molecule has 0 spiro atoms. The lowest BCUT2D eigenvalue weighted by atomic mass is 10.0. The monoisotopic (exact) mass is 463 g/mol. The topological polar surface area (TPSA) is 88.1 Å². The van der Waals surface area contributed by atoms with Crippen LogP contribution >= 0.6 is 11.8 Å². The Balaban J connectivity index is 1.64. The van der Waals surface area contributed by atoms with Gasteiger partial charge < -0.3 is 9.84 Å². The van der Waals surface area contributed by atoms with Crippen molar-refractivity contribution in [3.8, 4) is 5.75 Å². The number of H-pyrrole nitrogens is 1. The summed E-state index contributed by atoms with van der Waals surface area (Å²) in [5.74, 6) is -0.511. The van der Waals surface area contributed by atoms with Gasteiger partial charge in [0, 0.05) is 17.7 Å². The Morgan fingerprint density at radius 3 is 2.50 bits per heavy atom. The molecule has 0 bridgehead atoms. The van der Waals surface area contributed by atoms with Gasteiger partial charge in [0.25, 0.3) is 0 Å². The van der Waals surface area contributed by atoms with E-state index in [9.17, 15) is 23.1 Å². The molecule has 3 aromatic rings. The molecule has 1 unspecified atom stereocenters. The fourth-order valence-electron chi connectivity index (χ4n) is 3.37. The van der Waals surface area contributed by atoms with Crippen molar-refractivity contribution in [1.29, 1.82) is 0 Å². The fourth-order valence-corrected chi connectivity index (χ4v) is 4.55. The summed E-state index contributed by atoms with van der Waals surface area (Å²) in [5.41, 5.74) is -0.0162. The van der Waals surface area contributed by atoms with E-state index in [1.807, 2.05) is 6.07 Å². The van der Waals surface area contributed by atoms with Crippen LogP contribution in [-0.4, -0.2) is 32.1 Å². The summed E-state index contributed by atoms with van der Waals surface area (Å²) in [6.07, 6.45) is -2.06. The molecule has 2 N–H and O–H groups in total. The standard InChI is InChI=1S/C22H20F3N3O3S/c1-12-3-4-14(10-16(12)22(23,24)25)19(17-11-26-28-27-17)32-15-5-6-18(13(2)9-15)31-21(7-8-21)20(29)30/h3-6,9-11,19H,7-8H2,1-2H3,(H,29,30)(H,26,27,28). The number of benzene rings is 2. The second kappa shape index (κ2) is 8.16. The van der Waals surface area contributed by atoms with Crippen molar-refractivity contribution in [3.63, 3.8) is 0 Å². The quantitative estimate of drug-likeness (QED) is 0.461. The van der Waals surface area contributed by atoms with Crippen molar-refractivity contribution in [3.05, 3.63) is 70.5 Å². The van der Waals surface area contributed by atoms with Gasteiger partial charge in [0.15, 0.2) is 0 Å². The third kappa shape index (κ3) is 4.45. The van der Waals surface area contributed by atoms with Crippen LogP contribution in [0.2, 0.25) is 0 Å². The number of ether oxygens (including phenoxy) is 1. The Morgan fingerprint density at radius 2 is 1.94 bits per heavy atom. The van der Waals surface area contributed by atoms with Crippen LogP contribution < -0.4 is 4.74 Å². The summed E-state index contributed by atoms with van der Waals surface area (Å²) in [6.45, 7) is 3.23. The lowest BCUT2D eigenvalue weighted by Gasteiger charge is -2.19. The Kier molecular flexibility index (Phi) is 5.66. The number of aromatic amines is 1. The van der Waals surface area contributed by atoms with E-state index in [2.05, 4.69) is 15.4 Å². The smallest absolute Gasteiger partial charge is 0.416 e. The zero-order chi connectivity index (χ0) is 23.1. The molecule has 0 amide bonds. The zero-order valence-electron chi connectivity index (χ0n) is 17.2. The highest BCUT2D eigenvalue weighted by Gasteiger charge is 2.53. The summed E-state index contributed by atoms with van der Waals surface area (Å²) < 4.78 is 46.1. The van der Waals surface area contributed by atoms with E-state index in [0.29, 0.717) is 29.8 Å². The van der Waals surface area contributed by atoms with Gasteiger partial charge in [0.2, 0.25) is 5.60 Å². The SMILES string of the molecule is Cc1cc(SC(c2ccc(C)c(C(F)(F)F)c2)c2cn[nH]n2)ccc1OC1(C(=O)O)CC1. The van der Waals surface area contributed by atoms with Crippen molar-refractivity contribution in [1.82, 2.24) is 15.4 Å². The molecular formula is C22H20F3N3O3S. The third-order valence-corrected chi connectivity index (χ3v) is 6.65. The second-order valence-corrected chi connectivity index (χ2v) is 8.97. The molecule has 4 rings (SSSR count). The van der Waals surface area contributed by atoms with Gasteiger partial charge >= 0.3 is 12.1 Å².